The summed E-state index contributed by atoms with van der Waals surface area (Å²) in [7, 11) is 1.53. The van der Waals surface area contributed by atoms with Crippen LogP contribution in [0.2, 0.25) is 0 Å². The van der Waals surface area contributed by atoms with Crippen molar-refractivity contribution in [1.29, 1.82) is 0 Å². The van der Waals surface area contributed by atoms with Crippen LogP contribution in [0.1, 0.15) is 12.8 Å². The molecule has 5 nitrogen and oxygen atoms in total. The third-order valence-electron chi connectivity index (χ3n) is 2.60. The molecule has 2 N–H and O–H groups in total. The maximum Gasteiger partial charge on any atom is 0.241 e. The number of hydrogen-bond acceptors (Lipinski definition) is 4. The molecular weight excluding hydrogens is 206 g/mol. The van der Waals surface area contributed by atoms with Crippen molar-refractivity contribution in [3.63, 3.8) is 0 Å². The second kappa shape index (κ2) is 4.94. The molecule has 1 amide bonds. The summed E-state index contributed by atoms with van der Waals surface area (Å²) in [4.78, 5) is 15.8. The Labute approximate surface area is 94.2 Å². The van der Waals surface area contributed by atoms with Gasteiger partial charge >= 0.3 is 0 Å². The van der Waals surface area contributed by atoms with Gasteiger partial charge in [-0.3, -0.25) is 4.79 Å². The largest absolute Gasteiger partial charge is 0.480 e. The molecule has 0 unspecified atom stereocenters. The predicted octanol–water partition coefficient (Wildman–Crippen LogP) is 0.781. The van der Waals surface area contributed by atoms with E-state index in [4.69, 9.17) is 4.74 Å². The van der Waals surface area contributed by atoms with Gasteiger partial charge < -0.3 is 15.4 Å². The van der Waals surface area contributed by atoms with Gasteiger partial charge in [0.05, 0.1) is 13.2 Å². The minimum absolute atomic E-state index is 0.0243. The van der Waals surface area contributed by atoms with Crippen LogP contribution < -0.4 is 15.4 Å². The normalized spacial score (nSPS) is 19.4. The Bertz CT molecular complexity index is 375. The van der Waals surface area contributed by atoms with Gasteiger partial charge in [-0.15, -0.1) is 0 Å². The van der Waals surface area contributed by atoms with Crippen LogP contribution in [0.15, 0.2) is 18.3 Å². The fourth-order valence-electron chi connectivity index (χ4n) is 1.78. The van der Waals surface area contributed by atoms with Crippen LogP contribution in [-0.4, -0.2) is 30.6 Å². The summed E-state index contributed by atoms with van der Waals surface area (Å²) >= 11 is 0. The Morgan fingerprint density at radius 2 is 2.56 bits per heavy atom. The molecule has 86 valence electrons. The van der Waals surface area contributed by atoms with Crippen molar-refractivity contribution in [3.05, 3.63) is 18.3 Å². The predicted molar refractivity (Wildman–Crippen MR) is 60.4 cm³/mol. The topological polar surface area (TPSA) is 63.2 Å². The molecular formula is C11H15N3O2. The fourth-order valence-corrected chi connectivity index (χ4v) is 1.78. The molecule has 1 fully saturated rings. The first-order valence-electron chi connectivity index (χ1n) is 5.34. The molecule has 0 saturated carbocycles. The summed E-state index contributed by atoms with van der Waals surface area (Å²) in [6.45, 7) is 0.905. The van der Waals surface area contributed by atoms with Crippen LogP contribution >= 0.6 is 0 Å². The number of carbonyl (C=O) groups is 1. The highest BCUT2D eigenvalue weighted by Crippen LogP contribution is 2.20. The van der Waals surface area contributed by atoms with E-state index in [2.05, 4.69) is 15.6 Å². The second-order valence-corrected chi connectivity index (χ2v) is 3.70. The first-order valence-corrected chi connectivity index (χ1v) is 5.34. The quantitative estimate of drug-likeness (QED) is 0.791. The highest BCUT2D eigenvalue weighted by atomic mass is 16.5. The first kappa shape index (κ1) is 10.9. The van der Waals surface area contributed by atoms with Crippen molar-refractivity contribution in [1.82, 2.24) is 10.3 Å². The average molecular weight is 221 g/mol. The van der Waals surface area contributed by atoms with Gasteiger partial charge in [-0.25, -0.2) is 4.98 Å². The molecule has 1 aliphatic heterocycles. The number of amides is 1. The Morgan fingerprint density at radius 1 is 1.69 bits per heavy atom. The van der Waals surface area contributed by atoms with E-state index in [0.29, 0.717) is 11.6 Å². The summed E-state index contributed by atoms with van der Waals surface area (Å²) < 4.78 is 5.06. The van der Waals surface area contributed by atoms with Crippen molar-refractivity contribution in [2.24, 2.45) is 0 Å². The van der Waals surface area contributed by atoms with E-state index < -0.39 is 0 Å². The number of aromatic nitrogens is 1. The SMILES string of the molecule is COc1ncccc1NC(=O)[C@H]1CCCN1. The Morgan fingerprint density at radius 3 is 3.25 bits per heavy atom. The molecule has 1 aromatic rings. The number of nitrogens with one attached hydrogen (secondary N) is 2. The zero-order chi connectivity index (χ0) is 11.4. The molecule has 1 saturated heterocycles. The molecule has 0 aliphatic carbocycles. The molecule has 2 rings (SSSR count). The fraction of sp³-hybridized carbons (Fsp3) is 0.455. The van der Waals surface area contributed by atoms with Gasteiger partial charge in [0, 0.05) is 6.20 Å². The van der Waals surface area contributed by atoms with Crippen molar-refractivity contribution in [2.75, 3.05) is 19.0 Å². The van der Waals surface area contributed by atoms with Gasteiger partial charge in [-0.05, 0) is 31.5 Å². The van der Waals surface area contributed by atoms with Crippen LogP contribution in [0.25, 0.3) is 0 Å². The van der Waals surface area contributed by atoms with Crippen LogP contribution in [0, 0.1) is 0 Å². The molecule has 1 aromatic heterocycles. The lowest BCUT2D eigenvalue weighted by atomic mass is 10.2. The average Bonchev–Trinajstić information content (AvgIpc) is 2.83. The number of anilines is 1. The van der Waals surface area contributed by atoms with Crippen molar-refractivity contribution in [3.8, 4) is 5.88 Å². The van der Waals surface area contributed by atoms with Crippen molar-refractivity contribution >= 4 is 11.6 Å². The number of carbonyl (C=O) groups excluding carboxylic acids is 1. The minimum Gasteiger partial charge on any atom is -0.480 e. The highest BCUT2D eigenvalue weighted by Gasteiger charge is 2.22. The molecule has 2 heterocycles. The van der Waals surface area contributed by atoms with Gasteiger partial charge in [0.1, 0.15) is 5.69 Å². The first-order chi connectivity index (χ1) is 7.81. The van der Waals surface area contributed by atoms with Gasteiger partial charge in [0.2, 0.25) is 11.8 Å². The van der Waals surface area contributed by atoms with E-state index in [9.17, 15) is 4.79 Å². The monoisotopic (exact) mass is 221 g/mol. The molecule has 1 atom stereocenters. The second-order valence-electron chi connectivity index (χ2n) is 3.70. The summed E-state index contributed by atoms with van der Waals surface area (Å²) in [5, 5.41) is 5.96. The Hall–Kier alpha value is -1.62. The van der Waals surface area contributed by atoms with Gasteiger partial charge in [-0.1, -0.05) is 0 Å². The van der Waals surface area contributed by atoms with Crippen LogP contribution in [0.5, 0.6) is 5.88 Å². The number of rotatable bonds is 3. The molecule has 0 aromatic carbocycles. The zero-order valence-electron chi connectivity index (χ0n) is 9.19. The molecule has 1 aliphatic rings. The number of ether oxygens (including phenoxy) is 1. The van der Waals surface area contributed by atoms with Gasteiger partial charge in [0.25, 0.3) is 0 Å². The van der Waals surface area contributed by atoms with E-state index in [-0.39, 0.29) is 11.9 Å². The van der Waals surface area contributed by atoms with Crippen molar-refractivity contribution < 1.29 is 9.53 Å². The van der Waals surface area contributed by atoms with E-state index in [1.807, 2.05) is 0 Å². The standard InChI is InChI=1S/C11H15N3O2/c1-16-11-9(5-3-7-13-11)14-10(15)8-4-2-6-12-8/h3,5,7-8,12H,2,4,6H2,1H3,(H,14,15)/t8-/m1/s1. The van der Waals surface area contributed by atoms with E-state index >= 15 is 0 Å². The number of hydrogen-bond donors (Lipinski definition) is 2. The van der Waals surface area contributed by atoms with E-state index in [1.54, 1.807) is 18.3 Å². The minimum atomic E-state index is -0.0927. The summed E-state index contributed by atoms with van der Waals surface area (Å²) in [6, 6.07) is 3.45. The maximum atomic E-state index is 11.8. The lowest BCUT2D eigenvalue weighted by molar-refractivity contribution is -0.117. The van der Waals surface area contributed by atoms with E-state index in [0.717, 1.165) is 19.4 Å². The molecule has 0 radical (unpaired) electrons. The van der Waals surface area contributed by atoms with E-state index in [1.165, 1.54) is 7.11 Å². The third kappa shape index (κ3) is 2.30. The van der Waals surface area contributed by atoms with Gasteiger partial charge in [-0.2, -0.15) is 0 Å². The summed E-state index contributed by atoms with van der Waals surface area (Å²) in [6.07, 6.45) is 3.55. The number of pyridine rings is 1. The van der Waals surface area contributed by atoms with Crippen LogP contribution in [-0.2, 0) is 4.79 Å². The molecule has 0 bridgehead atoms. The number of nitrogens with zero attached hydrogens (tertiary/aromatic N) is 1. The zero-order valence-corrected chi connectivity index (χ0v) is 9.19. The van der Waals surface area contributed by atoms with Crippen LogP contribution in [0.3, 0.4) is 0 Å². The number of methoxy groups -OCH3 is 1. The summed E-state index contributed by atoms with van der Waals surface area (Å²) in [5.74, 6) is 0.414. The lowest BCUT2D eigenvalue weighted by Crippen LogP contribution is -2.35. The van der Waals surface area contributed by atoms with Crippen molar-refractivity contribution in [2.45, 2.75) is 18.9 Å². The molecule has 16 heavy (non-hydrogen) atoms. The maximum absolute atomic E-state index is 11.8. The highest BCUT2D eigenvalue weighted by molar-refractivity contribution is 5.95. The Balaban J connectivity index is 2.05. The van der Waals surface area contributed by atoms with Gasteiger partial charge in [0.15, 0.2) is 0 Å². The van der Waals surface area contributed by atoms with Crippen LogP contribution in [0.4, 0.5) is 5.69 Å². The molecule has 5 heteroatoms. The smallest absolute Gasteiger partial charge is 0.241 e. The lowest BCUT2D eigenvalue weighted by Gasteiger charge is -2.12. The Kier molecular flexibility index (Phi) is 3.36. The summed E-state index contributed by atoms with van der Waals surface area (Å²) in [5.41, 5.74) is 0.615. The third-order valence-corrected chi connectivity index (χ3v) is 2.60. The molecule has 0 spiro atoms.